The van der Waals surface area contributed by atoms with Gasteiger partial charge < -0.3 is 5.32 Å². The summed E-state index contributed by atoms with van der Waals surface area (Å²) in [5, 5.41) is 1.52. The number of halogens is 9. The summed E-state index contributed by atoms with van der Waals surface area (Å²) in [7, 11) is 0.632. The molecule has 0 heterocycles. The molecule has 0 amide bonds. The lowest BCUT2D eigenvalue weighted by Crippen LogP contribution is -2.47. The number of thioether (sulfide) groups is 1. The van der Waals surface area contributed by atoms with Gasteiger partial charge in [0.15, 0.2) is 5.84 Å². The second kappa shape index (κ2) is 7.34. The molecule has 1 aromatic rings. The highest BCUT2D eigenvalue weighted by molar-refractivity contribution is 7.99. The molecule has 142 valence electrons. The van der Waals surface area contributed by atoms with Gasteiger partial charge in [0.25, 0.3) is 0 Å². The van der Waals surface area contributed by atoms with Crippen LogP contribution in [-0.4, -0.2) is 36.9 Å². The number of benzene rings is 1. The van der Waals surface area contributed by atoms with Crippen LogP contribution < -0.4 is 5.32 Å². The molecule has 0 radical (unpaired) electrons. The topological polar surface area (TPSA) is 24.4 Å². The number of nitrogens with one attached hydrogen (secondary N) is 1. The molecule has 0 saturated carbocycles. The van der Waals surface area contributed by atoms with Crippen LogP contribution in [0.3, 0.4) is 0 Å². The third-order valence-electron chi connectivity index (χ3n) is 2.79. The zero-order valence-electron chi connectivity index (χ0n) is 12.6. The number of alkyl halides is 8. The van der Waals surface area contributed by atoms with Crippen molar-refractivity contribution in [2.24, 2.45) is 4.99 Å². The van der Waals surface area contributed by atoms with Crippen LogP contribution in [0.5, 0.6) is 0 Å². The van der Waals surface area contributed by atoms with Crippen molar-refractivity contribution in [1.29, 1.82) is 0 Å². The smallest absolute Gasteiger partial charge is 0.336 e. The number of aliphatic imine (C=N–C) groups is 1. The number of rotatable bonds is 4. The highest BCUT2D eigenvalue weighted by atomic mass is 32.2. The van der Waals surface area contributed by atoms with Gasteiger partial charge in [0, 0.05) is 11.9 Å². The van der Waals surface area contributed by atoms with E-state index in [0.717, 1.165) is 12.1 Å². The maximum atomic E-state index is 13.8. The fraction of sp³-hybridized carbons (Fsp3) is 0.462. The predicted octanol–water partition coefficient (Wildman–Crippen LogP) is 5.43. The summed E-state index contributed by atoms with van der Waals surface area (Å²) in [6, 6.07) is 1.44. The van der Waals surface area contributed by atoms with Gasteiger partial charge in [0.05, 0.1) is 11.4 Å². The molecule has 1 rings (SSSR count). The van der Waals surface area contributed by atoms with Crippen LogP contribution >= 0.6 is 11.8 Å². The Balaban J connectivity index is 3.17. The van der Waals surface area contributed by atoms with Crippen molar-refractivity contribution in [2.45, 2.75) is 30.1 Å². The van der Waals surface area contributed by atoms with Crippen molar-refractivity contribution in [3.8, 4) is 0 Å². The minimum absolute atomic E-state index is 0.0647. The lowest BCUT2D eigenvalue weighted by Gasteiger charge is -2.22. The number of anilines is 1. The van der Waals surface area contributed by atoms with E-state index in [1.54, 1.807) is 0 Å². The second-order valence-electron chi connectivity index (χ2n) is 4.77. The van der Waals surface area contributed by atoms with Crippen molar-refractivity contribution < 1.29 is 39.5 Å². The number of nitrogens with zero attached hydrogens (tertiary/aromatic N) is 1. The van der Waals surface area contributed by atoms with Gasteiger partial charge in [-0.2, -0.15) is 35.1 Å². The molecular formula is C13H11F9N2S. The van der Waals surface area contributed by atoms with Gasteiger partial charge in [-0.15, -0.1) is 11.8 Å². The minimum Gasteiger partial charge on any atom is -0.336 e. The Morgan fingerprint density at radius 3 is 2.08 bits per heavy atom. The standard InChI is InChI=1S/C13H11F9N2S/c1-6-3-7(14)8(4-9(6)25-5-11(15,16)17)24-10(23-2)12(18,19)13(20,21)22/h3-4H,5H2,1-2H3,(H,23,24). The lowest BCUT2D eigenvalue weighted by atomic mass is 10.2. The molecule has 25 heavy (non-hydrogen) atoms. The summed E-state index contributed by atoms with van der Waals surface area (Å²) in [6.45, 7) is 1.27. The summed E-state index contributed by atoms with van der Waals surface area (Å²) < 4.78 is 114. The van der Waals surface area contributed by atoms with Crippen LogP contribution in [-0.2, 0) is 0 Å². The van der Waals surface area contributed by atoms with E-state index in [1.165, 1.54) is 12.2 Å². The molecule has 1 N–H and O–H groups in total. The van der Waals surface area contributed by atoms with E-state index in [1.807, 2.05) is 0 Å². The molecule has 0 bridgehead atoms. The monoisotopic (exact) mass is 398 g/mol. The van der Waals surface area contributed by atoms with Crippen LogP contribution in [0.1, 0.15) is 5.56 Å². The SMILES string of the molecule is CN=C(Nc1cc(SCC(F)(F)F)c(C)cc1F)C(F)(F)C(F)(F)F. The average molecular weight is 398 g/mol. The van der Waals surface area contributed by atoms with E-state index in [4.69, 9.17) is 0 Å². The molecule has 0 unspecified atom stereocenters. The van der Waals surface area contributed by atoms with Gasteiger partial charge in [0.1, 0.15) is 5.82 Å². The largest absolute Gasteiger partial charge is 0.461 e. The van der Waals surface area contributed by atoms with Crippen molar-refractivity contribution in [3.63, 3.8) is 0 Å². The number of hydrogen-bond donors (Lipinski definition) is 1. The molecule has 0 aromatic heterocycles. The highest BCUT2D eigenvalue weighted by Crippen LogP contribution is 2.38. The summed E-state index contributed by atoms with van der Waals surface area (Å²) in [4.78, 5) is 2.65. The number of amidine groups is 1. The maximum Gasteiger partial charge on any atom is 0.461 e. The molecule has 2 nitrogen and oxygen atoms in total. The van der Waals surface area contributed by atoms with Gasteiger partial charge in [-0.1, -0.05) is 0 Å². The molecule has 0 fully saturated rings. The van der Waals surface area contributed by atoms with Gasteiger partial charge in [0.2, 0.25) is 0 Å². The van der Waals surface area contributed by atoms with Gasteiger partial charge >= 0.3 is 18.3 Å². The maximum absolute atomic E-state index is 13.8. The van der Waals surface area contributed by atoms with Crippen LogP contribution in [0.25, 0.3) is 0 Å². The normalized spacial score (nSPS) is 14.0. The van der Waals surface area contributed by atoms with E-state index in [2.05, 4.69) is 4.99 Å². The third kappa shape index (κ3) is 5.44. The predicted molar refractivity (Wildman–Crippen MR) is 75.9 cm³/mol. The first kappa shape index (κ1) is 21.5. The summed E-state index contributed by atoms with van der Waals surface area (Å²) >= 11 is 0.243. The molecule has 0 aliphatic rings. The quantitative estimate of drug-likeness (QED) is 0.317. The Kier molecular flexibility index (Phi) is 6.30. The Morgan fingerprint density at radius 2 is 1.64 bits per heavy atom. The summed E-state index contributed by atoms with van der Waals surface area (Å²) in [6.07, 6.45) is -10.5. The van der Waals surface area contributed by atoms with Crippen molar-refractivity contribution in [3.05, 3.63) is 23.5 Å². The van der Waals surface area contributed by atoms with Crippen molar-refractivity contribution in [2.75, 3.05) is 18.1 Å². The summed E-state index contributed by atoms with van der Waals surface area (Å²) in [5.74, 6) is -9.83. The van der Waals surface area contributed by atoms with E-state index in [-0.39, 0.29) is 22.2 Å². The second-order valence-corrected chi connectivity index (χ2v) is 5.79. The molecular weight excluding hydrogens is 387 g/mol. The lowest BCUT2D eigenvalue weighted by molar-refractivity contribution is -0.249. The van der Waals surface area contributed by atoms with Crippen LogP contribution in [0.15, 0.2) is 22.0 Å². The number of hydrogen-bond acceptors (Lipinski definition) is 2. The first-order valence-electron chi connectivity index (χ1n) is 6.37. The molecule has 0 saturated heterocycles. The van der Waals surface area contributed by atoms with Crippen LogP contribution in [0.4, 0.5) is 45.2 Å². The minimum atomic E-state index is -5.98. The fourth-order valence-electron chi connectivity index (χ4n) is 1.60. The Labute approximate surface area is 140 Å². The Hall–Kier alpha value is -1.59. The zero-order chi connectivity index (χ0) is 19.6. The Bertz CT molecular complexity index is 650. The molecule has 0 spiro atoms. The fourth-order valence-corrected chi connectivity index (χ4v) is 2.41. The Morgan fingerprint density at radius 1 is 1.08 bits per heavy atom. The zero-order valence-corrected chi connectivity index (χ0v) is 13.4. The molecule has 12 heteroatoms. The third-order valence-corrected chi connectivity index (χ3v) is 4.01. The summed E-state index contributed by atoms with van der Waals surface area (Å²) in [5.41, 5.74) is -0.783. The average Bonchev–Trinajstić information content (AvgIpc) is 2.42. The van der Waals surface area contributed by atoms with Crippen molar-refractivity contribution >= 4 is 23.3 Å². The van der Waals surface area contributed by atoms with Gasteiger partial charge in [-0.05, 0) is 24.6 Å². The van der Waals surface area contributed by atoms with Gasteiger partial charge in [-0.25, -0.2) is 4.39 Å². The van der Waals surface area contributed by atoms with Crippen LogP contribution in [0.2, 0.25) is 0 Å². The van der Waals surface area contributed by atoms with Crippen molar-refractivity contribution in [1.82, 2.24) is 0 Å². The van der Waals surface area contributed by atoms with E-state index in [0.29, 0.717) is 7.05 Å². The van der Waals surface area contributed by atoms with E-state index >= 15 is 0 Å². The molecule has 0 aliphatic heterocycles. The molecule has 1 aromatic carbocycles. The van der Waals surface area contributed by atoms with E-state index < -0.39 is 41.4 Å². The highest BCUT2D eigenvalue weighted by Gasteiger charge is 2.61. The van der Waals surface area contributed by atoms with Crippen LogP contribution in [0, 0.1) is 12.7 Å². The number of aryl methyl sites for hydroxylation is 1. The van der Waals surface area contributed by atoms with Gasteiger partial charge in [-0.3, -0.25) is 4.99 Å². The van der Waals surface area contributed by atoms with E-state index in [9.17, 15) is 39.5 Å². The first-order valence-corrected chi connectivity index (χ1v) is 7.36. The first-order chi connectivity index (χ1) is 11.2. The molecule has 0 aliphatic carbocycles. The molecule has 0 atom stereocenters.